The van der Waals surface area contributed by atoms with E-state index in [-0.39, 0.29) is 21.4 Å². The van der Waals surface area contributed by atoms with E-state index in [0.717, 1.165) is 31.5 Å². The van der Waals surface area contributed by atoms with Crippen molar-refractivity contribution < 1.29 is 18.0 Å². The van der Waals surface area contributed by atoms with Gasteiger partial charge in [0, 0.05) is 31.6 Å². The lowest BCUT2D eigenvalue weighted by Crippen LogP contribution is -2.40. The summed E-state index contributed by atoms with van der Waals surface area (Å²) in [4.78, 5) is 27.1. The van der Waals surface area contributed by atoms with E-state index in [4.69, 9.17) is 0 Å². The number of benzene rings is 2. The minimum Gasteiger partial charge on any atom is -0.352 e. The van der Waals surface area contributed by atoms with Crippen LogP contribution in [0.2, 0.25) is 0 Å². The summed E-state index contributed by atoms with van der Waals surface area (Å²) in [6, 6.07) is 11.4. The van der Waals surface area contributed by atoms with Gasteiger partial charge in [0.05, 0.1) is 15.5 Å². The molecule has 2 N–H and O–H groups in total. The number of hydrogen-bond donors (Lipinski definition) is 2. The zero-order valence-corrected chi connectivity index (χ0v) is 21.1. The highest BCUT2D eigenvalue weighted by Crippen LogP contribution is 2.29. The largest absolute Gasteiger partial charge is 0.352 e. The number of anilines is 1. The lowest BCUT2D eigenvalue weighted by Gasteiger charge is -2.35. The van der Waals surface area contributed by atoms with E-state index in [1.165, 1.54) is 56.5 Å². The van der Waals surface area contributed by atoms with Gasteiger partial charge in [-0.3, -0.25) is 9.59 Å². The van der Waals surface area contributed by atoms with Crippen molar-refractivity contribution in [2.75, 3.05) is 25.0 Å². The fourth-order valence-corrected chi connectivity index (χ4v) is 5.84. The Balaban J connectivity index is 1.70. The van der Waals surface area contributed by atoms with Gasteiger partial charge in [0.2, 0.25) is 15.7 Å². The average molecular weight is 486 g/mol. The van der Waals surface area contributed by atoms with E-state index < -0.39 is 15.7 Å². The van der Waals surface area contributed by atoms with Gasteiger partial charge in [0.1, 0.15) is 0 Å². The fraction of sp³-hybridized carbons (Fsp3) is 0.462. The third-order valence-electron chi connectivity index (χ3n) is 6.30. The summed E-state index contributed by atoms with van der Waals surface area (Å²) in [6.07, 6.45) is 5.76. The number of hydrogen-bond acceptors (Lipinski definition) is 5. The topological polar surface area (TPSA) is 95.6 Å². The van der Waals surface area contributed by atoms with Crippen molar-refractivity contribution in [3.05, 3.63) is 53.6 Å². The minimum atomic E-state index is -3.87. The number of sulfone groups is 1. The number of carbonyl (C=O) groups is 2. The Morgan fingerprint density at radius 2 is 1.82 bits per heavy atom. The number of aryl methyl sites for hydroxylation is 1. The Labute approximate surface area is 202 Å². The number of carbonyl (C=O) groups excluding carboxylic acids is 2. The van der Waals surface area contributed by atoms with Crippen molar-refractivity contribution in [3.63, 3.8) is 0 Å². The maximum atomic E-state index is 13.2. The summed E-state index contributed by atoms with van der Waals surface area (Å²) in [5.74, 6) is -0.707. The van der Waals surface area contributed by atoms with Crippen LogP contribution in [0, 0.1) is 6.92 Å². The van der Waals surface area contributed by atoms with Crippen molar-refractivity contribution in [2.24, 2.45) is 0 Å². The molecule has 0 saturated carbocycles. The second kappa shape index (κ2) is 11.6. The zero-order valence-electron chi connectivity index (χ0n) is 20.3. The molecule has 34 heavy (non-hydrogen) atoms. The van der Waals surface area contributed by atoms with Crippen LogP contribution >= 0.6 is 0 Å². The number of rotatable bonds is 9. The molecule has 0 aliphatic carbocycles. The highest BCUT2D eigenvalue weighted by molar-refractivity contribution is 7.91. The van der Waals surface area contributed by atoms with Gasteiger partial charge in [-0.2, -0.15) is 0 Å². The van der Waals surface area contributed by atoms with Crippen LogP contribution in [-0.4, -0.2) is 50.8 Å². The molecule has 1 heterocycles. The Morgan fingerprint density at radius 1 is 1.09 bits per heavy atom. The standard InChI is InChI=1S/C26H35N3O4S/c1-4-22-8-5-6-16-29(22)17-7-15-27-26(31)21-11-14-25(24(18-21)28-20(3)30)34(32,33)23-12-9-19(2)10-13-23/h9-14,18,22H,4-8,15-17H2,1-3H3,(H,27,31)(H,28,30)/t22-/m1/s1. The molecule has 184 valence electrons. The Morgan fingerprint density at radius 3 is 2.50 bits per heavy atom. The van der Waals surface area contributed by atoms with Crippen LogP contribution in [0.4, 0.5) is 5.69 Å². The van der Waals surface area contributed by atoms with Gasteiger partial charge >= 0.3 is 0 Å². The number of amides is 2. The normalized spacial score (nSPS) is 16.7. The van der Waals surface area contributed by atoms with Crippen LogP contribution < -0.4 is 10.6 Å². The second-order valence-corrected chi connectivity index (χ2v) is 10.8. The van der Waals surface area contributed by atoms with Crippen LogP contribution in [0.3, 0.4) is 0 Å². The predicted octanol–water partition coefficient (Wildman–Crippen LogP) is 4.17. The lowest BCUT2D eigenvalue weighted by atomic mass is 10.00. The van der Waals surface area contributed by atoms with E-state index in [9.17, 15) is 18.0 Å². The molecule has 1 atom stereocenters. The van der Waals surface area contributed by atoms with Gasteiger partial charge in [-0.25, -0.2) is 8.42 Å². The number of piperidine rings is 1. The van der Waals surface area contributed by atoms with Gasteiger partial charge in [-0.15, -0.1) is 0 Å². The van der Waals surface area contributed by atoms with E-state index in [1.54, 1.807) is 12.1 Å². The van der Waals surface area contributed by atoms with Gasteiger partial charge in [-0.05, 0) is 69.5 Å². The average Bonchev–Trinajstić information content (AvgIpc) is 2.81. The second-order valence-electron chi connectivity index (χ2n) is 8.91. The first-order chi connectivity index (χ1) is 16.2. The number of nitrogens with one attached hydrogen (secondary N) is 2. The summed E-state index contributed by atoms with van der Waals surface area (Å²) in [7, 11) is -3.87. The van der Waals surface area contributed by atoms with Crippen LogP contribution in [0.5, 0.6) is 0 Å². The van der Waals surface area contributed by atoms with Gasteiger partial charge < -0.3 is 15.5 Å². The van der Waals surface area contributed by atoms with Gasteiger partial charge in [0.15, 0.2) is 0 Å². The molecular weight excluding hydrogens is 450 g/mol. The van der Waals surface area contributed by atoms with Crippen molar-refractivity contribution in [1.29, 1.82) is 0 Å². The third kappa shape index (κ3) is 6.45. The van der Waals surface area contributed by atoms with Gasteiger partial charge in [0.25, 0.3) is 5.91 Å². The first kappa shape index (κ1) is 25.9. The first-order valence-corrected chi connectivity index (χ1v) is 13.5. The highest BCUT2D eigenvalue weighted by atomic mass is 32.2. The van der Waals surface area contributed by atoms with Crippen molar-refractivity contribution in [1.82, 2.24) is 10.2 Å². The SMILES string of the molecule is CC[C@@H]1CCCCN1CCCNC(=O)c1ccc(S(=O)(=O)c2ccc(C)cc2)c(NC(C)=O)c1. The van der Waals surface area contributed by atoms with E-state index in [2.05, 4.69) is 22.5 Å². The molecule has 8 heteroatoms. The van der Waals surface area contributed by atoms with Crippen molar-refractivity contribution in [3.8, 4) is 0 Å². The molecule has 1 fully saturated rings. The highest BCUT2D eigenvalue weighted by Gasteiger charge is 2.24. The Kier molecular flexibility index (Phi) is 8.85. The van der Waals surface area contributed by atoms with Gasteiger partial charge in [-0.1, -0.05) is 31.0 Å². The monoisotopic (exact) mass is 485 g/mol. The molecule has 0 unspecified atom stereocenters. The summed E-state index contributed by atoms with van der Waals surface area (Å²) in [6.45, 7) is 8.00. The summed E-state index contributed by atoms with van der Waals surface area (Å²) in [5, 5.41) is 5.49. The molecule has 0 aromatic heterocycles. The maximum Gasteiger partial charge on any atom is 0.251 e. The number of nitrogens with zero attached hydrogens (tertiary/aromatic N) is 1. The molecule has 1 aliphatic heterocycles. The van der Waals surface area contributed by atoms with Crippen molar-refractivity contribution in [2.45, 2.75) is 68.7 Å². The summed E-state index contributed by atoms with van der Waals surface area (Å²) >= 11 is 0. The first-order valence-electron chi connectivity index (χ1n) is 12.0. The minimum absolute atomic E-state index is 0.0428. The molecule has 2 aromatic rings. The van der Waals surface area contributed by atoms with Crippen LogP contribution in [0.25, 0.3) is 0 Å². The predicted molar refractivity (Wildman–Crippen MR) is 134 cm³/mol. The van der Waals surface area contributed by atoms with Crippen LogP contribution in [0.15, 0.2) is 52.3 Å². The van der Waals surface area contributed by atoms with E-state index >= 15 is 0 Å². The van der Waals surface area contributed by atoms with Crippen LogP contribution in [0.1, 0.15) is 61.9 Å². The fourth-order valence-electron chi connectivity index (χ4n) is 4.44. The number of likely N-dealkylation sites (tertiary alicyclic amines) is 1. The molecule has 0 radical (unpaired) electrons. The molecular formula is C26H35N3O4S. The third-order valence-corrected chi connectivity index (χ3v) is 8.13. The molecule has 2 aromatic carbocycles. The van der Waals surface area contributed by atoms with E-state index in [0.29, 0.717) is 18.2 Å². The molecule has 3 rings (SSSR count). The quantitative estimate of drug-likeness (QED) is 0.520. The summed E-state index contributed by atoms with van der Waals surface area (Å²) in [5.41, 5.74) is 1.34. The smallest absolute Gasteiger partial charge is 0.251 e. The molecule has 2 amide bonds. The molecule has 0 bridgehead atoms. The Hall–Kier alpha value is -2.71. The molecule has 0 spiro atoms. The Bertz CT molecular complexity index is 1110. The maximum absolute atomic E-state index is 13.2. The summed E-state index contributed by atoms with van der Waals surface area (Å²) < 4.78 is 26.4. The lowest BCUT2D eigenvalue weighted by molar-refractivity contribution is -0.114. The van der Waals surface area contributed by atoms with Crippen LogP contribution in [-0.2, 0) is 14.6 Å². The molecule has 1 aliphatic rings. The molecule has 1 saturated heterocycles. The van der Waals surface area contributed by atoms with E-state index in [1.807, 2.05) is 6.92 Å². The van der Waals surface area contributed by atoms with Crippen molar-refractivity contribution >= 4 is 27.3 Å². The molecule has 7 nitrogen and oxygen atoms in total. The zero-order chi connectivity index (χ0) is 24.7.